The minimum absolute atomic E-state index is 0.0802. The summed E-state index contributed by atoms with van der Waals surface area (Å²) in [4.78, 5) is 4.96. The number of benzene rings is 1. The van der Waals surface area contributed by atoms with Crippen molar-refractivity contribution in [1.82, 2.24) is 19.6 Å². The van der Waals surface area contributed by atoms with Crippen LogP contribution in [0.3, 0.4) is 0 Å². The first-order chi connectivity index (χ1) is 12.4. The lowest BCUT2D eigenvalue weighted by atomic mass is 9.90. The van der Waals surface area contributed by atoms with E-state index in [1.807, 2.05) is 17.9 Å². The largest absolute Gasteiger partial charge is 0.486 e. The molecule has 0 amide bonds. The molecule has 2 aromatic rings. The molecular weight excluding hydrogens is 324 g/mol. The zero-order valence-electron chi connectivity index (χ0n) is 16.5. The quantitative estimate of drug-likeness (QED) is 0.830. The predicted octanol–water partition coefficient (Wildman–Crippen LogP) is 2.90. The highest BCUT2D eigenvalue weighted by Gasteiger charge is 2.40. The van der Waals surface area contributed by atoms with Crippen LogP contribution in [-0.4, -0.2) is 51.9 Å². The third-order valence-corrected chi connectivity index (χ3v) is 6.08. The Hall–Kier alpha value is -1.85. The smallest absolute Gasteiger partial charge is 0.124 e. The number of likely N-dealkylation sites (tertiary alicyclic amines) is 1. The van der Waals surface area contributed by atoms with Gasteiger partial charge in [-0.25, -0.2) is 0 Å². The molecule has 1 spiro atoms. The number of hydrogen-bond acceptors (Lipinski definition) is 4. The van der Waals surface area contributed by atoms with E-state index in [2.05, 4.69) is 54.0 Å². The molecule has 0 N–H and O–H groups in total. The molecular formula is C21H30N4O. The summed E-state index contributed by atoms with van der Waals surface area (Å²) in [5.74, 6) is 1.07. The van der Waals surface area contributed by atoms with E-state index in [-0.39, 0.29) is 5.60 Å². The molecule has 0 unspecified atom stereocenters. The molecule has 5 heteroatoms. The molecule has 1 aromatic heterocycles. The Labute approximate surface area is 156 Å². The SMILES string of the molecule is Cc1ccc2c(c1)CN(Cc1cnn(C)c1C)CC1(CCN(C)CC1)O2. The summed E-state index contributed by atoms with van der Waals surface area (Å²) in [5, 5.41) is 4.43. The van der Waals surface area contributed by atoms with Crippen molar-refractivity contribution in [3.63, 3.8) is 0 Å². The van der Waals surface area contributed by atoms with Crippen LogP contribution in [0.15, 0.2) is 24.4 Å². The highest BCUT2D eigenvalue weighted by molar-refractivity contribution is 5.38. The van der Waals surface area contributed by atoms with Gasteiger partial charge in [0, 0.05) is 69.4 Å². The first-order valence-electron chi connectivity index (χ1n) is 9.61. The van der Waals surface area contributed by atoms with Crippen LogP contribution >= 0.6 is 0 Å². The van der Waals surface area contributed by atoms with Crippen molar-refractivity contribution in [2.45, 2.75) is 45.4 Å². The number of aryl methyl sites for hydroxylation is 2. The second kappa shape index (κ2) is 6.71. The van der Waals surface area contributed by atoms with E-state index in [4.69, 9.17) is 4.74 Å². The third kappa shape index (κ3) is 3.38. The maximum atomic E-state index is 6.70. The van der Waals surface area contributed by atoms with Crippen molar-refractivity contribution in [1.29, 1.82) is 0 Å². The Balaban J connectivity index is 1.66. The van der Waals surface area contributed by atoms with Gasteiger partial charge in [0.1, 0.15) is 11.4 Å². The summed E-state index contributed by atoms with van der Waals surface area (Å²) in [7, 11) is 4.22. The van der Waals surface area contributed by atoms with E-state index in [1.165, 1.54) is 22.4 Å². The molecule has 5 nitrogen and oxygen atoms in total. The van der Waals surface area contributed by atoms with Crippen LogP contribution in [0.2, 0.25) is 0 Å². The zero-order chi connectivity index (χ0) is 18.3. The van der Waals surface area contributed by atoms with Gasteiger partial charge in [0.15, 0.2) is 0 Å². The molecule has 1 aromatic carbocycles. The molecule has 0 aliphatic carbocycles. The molecule has 0 saturated carbocycles. The fraction of sp³-hybridized carbons (Fsp3) is 0.571. The molecule has 0 radical (unpaired) electrons. The highest BCUT2D eigenvalue weighted by atomic mass is 16.5. The fourth-order valence-electron chi connectivity index (χ4n) is 4.24. The minimum atomic E-state index is -0.0802. The molecule has 4 rings (SSSR count). The van der Waals surface area contributed by atoms with Gasteiger partial charge >= 0.3 is 0 Å². The maximum absolute atomic E-state index is 6.70. The third-order valence-electron chi connectivity index (χ3n) is 6.08. The first-order valence-corrected chi connectivity index (χ1v) is 9.61. The predicted molar refractivity (Wildman–Crippen MR) is 103 cm³/mol. The standard InChI is InChI=1S/C21H30N4O/c1-16-5-6-20-18(11-16)13-25(14-19-12-22-24(4)17(19)2)15-21(26-20)7-9-23(3)10-8-21/h5-6,11-12H,7-10,13-15H2,1-4H3. The van der Waals surface area contributed by atoms with E-state index < -0.39 is 0 Å². The monoisotopic (exact) mass is 354 g/mol. The lowest BCUT2D eigenvalue weighted by Crippen LogP contribution is -2.52. The van der Waals surface area contributed by atoms with E-state index in [1.54, 1.807) is 0 Å². The number of ether oxygens (including phenoxy) is 1. The number of aromatic nitrogens is 2. The van der Waals surface area contributed by atoms with E-state index >= 15 is 0 Å². The summed E-state index contributed by atoms with van der Waals surface area (Å²) in [6.45, 7) is 9.34. The van der Waals surface area contributed by atoms with Crippen LogP contribution in [0.25, 0.3) is 0 Å². The lowest BCUT2D eigenvalue weighted by Gasteiger charge is -2.42. The Bertz CT molecular complexity index is 789. The van der Waals surface area contributed by atoms with Gasteiger partial charge in [-0.1, -0.05) is 17.7 Å². The van der Waals surface area contributed by atoms with Crippen LogP contribution in [-0.2, 0) is 20.1 Å². The van der Waals surface area contributed by atoms with Crippen LogP contribution in [0.1, 0.15) is 35.2 Å². The molecule has 0 bridgehead atoms. The average Bonchev–Trinajstić information content (AvgIpc) is 2.84. The Morgan fingerprint density at radius 1 is 1.15 bits per heavy atom. The van der Waals surface area contributed by atoms with Gasteiger partial charge in [-0.2, -0.15) is 5.10 Å². The summed E-state index contributed by atoms with van der Waals surface area (Å²) >= 11 is 0. The number of hydrogen-bond donors (Lipinski definition) is 0. The summed E-state index contributed by atoms with van der Waals surface area (Å²) in [6.07, 6.45) is 4.18. The van der Waals surface area contributed by atoms with Gasteiger partial charge < -0.3 is 9.64 Å². The fourth-order valence-corrected chi connectivity index (χ4v) is 4.24. The van der Waals surface area contributed by atoms with Gasteiger partial charge in [-0.15, -0.1) is 0 Å². The number of piperidine rings is 1. The van der Waals surface area contributed by atoms with Gasteiger partial charge in [-0.05, 0) is 27.0 Å². The second-order valence-electron chi connectivity index (χ2n) is 8.22. The second-order valence-corrected chi connectivity index (χ2v) is 8.22. The maximum Gasteiger partial charge on any atom is 0.124 e. The van der Waals surface area contributed by atoms with Crippen LogP contribution in [0.5, 0.6) is 5.75 Å². The number of rotatable bonds is 2. The van der Waals surface area contributed by atoms with E-state index in [0.717, 1.165) is 51.3 Å². The molecule has 140 valence electrons. The molecule has 1 fully saturated rings. The average molecular weight is 354 g/mol. The number of nitrogens with zero attached hydrogens (tertiary/aromatic N) is 4. The Morgan fingerprint density at radius 3 is 2.62 bits per heavy atom. The topological polar surface area (TPSA) is 33.5 Å². The van der Waals surface area contributed by atoms with Gasteiger partial charge in [0.25, 0.3) is 0 Å². The van der Waals surface area contributed by atoms with E-state index in [0.29, 0.717) is 0 Å². The van der Waals surface area contributed by atoms with Crippen LogP contribution in [0.4, 0.5) is 0 Å². The van der Waals surface area contributed by atoms with Crippen LogP contribution < -0.4 is 4.74 Å². The first kappa shape index (κ1) is 17.6. The molecule has 26 heavy (non-hydrogen) atoms. The Morgan fingerprint density at radius 2 is 1.92 bits per heavy atom. The number of fused-ring (bicyclic) bond motifs is 1. The molecule has 0 atom stereocenters. The lowest BCUT2D eigenvalue weighted by molar-refractivity contribution is -0.0146. The van der Waals surface area contributed by atoms with Gasteiger partial charge in [-0.3, -0.25) is 9.58 Å². The van der Waals surface area contributed by atoms with Crippen molar-refractivity contribution in [3.05, 3.63) is 46.8 Å². The summed E-state index contributed by atoms with van der Waals surface area (Å²) in [6, 6.07) is 6.62. The highest BCUT2D eigenvalue weighted by Crippen LogP contribution is 2.36. The zero-order valence-corrected chi connectivity index (χ0v) is 16.5. The summed E-state index contributed by atoms with van der Waals surface area (Å²) < 4.78 is 8.67. The van der Waals surface area contributed by atoms with Crippen molar-refractivity contribution < 1.29 is 4.74 Å². The van der Waals surface area contributed by atoms with Gasteiger partial charge in [0.2, 0.25) is 0 Å². The van der Waals surface area contributed by atoms with Gasteiger partial charge in [0.05, 0.1) is 6.20 Å². The molecule has 2 aliphatic heterocycles. The Kier molecular flexibility index (Phi) is 4.53. The molecule has 2 aliphatic rings. The minimum Gasteiger partial charge on any atom is -0.486 e. The van der Waals surface area contributed by atoms with E-state index in [9.17, 15) is 0 Å². The molecule has 1 saturated heterocycles. The van der Waals surface area contributed by atoms with Crippen LogP contribution in [0, 0.1) is 13.8 Å². The van der Waals surface area contributed by atoms with Crippen molar-refractivity contribution in [2.24, 2.45) is 7.05 Å². The summed E-state index contributed by atoms with van der Waals surface area (Å²) in [5.41, 5.74) is 5.08. The van der Waals surface area contributed by atoms with Crippen molar-refractivity contribution >= 4 is 0 Å². The van der Waals surface area contributed by atoms with Crippen molar-refractivity contribution in [3.8, 4) is 5.75 Å². The van der Waals surface area contributed by atoms with Crippen molar-refractivity contribution in [2.75, 3.05) is 26.7 Å². The molecule has 3 heterocycles. The normalized spacial score (nSPS) is 20.6.